The van der Waals surface area contributed by atoms with Crippen LogP contribution in [-0.4, -0.2) is 61.7 Å². The number of hydrogen-bond acceptors (Lipinski definition) is 7. The number of benzene rings is 2. The minimum absolute atomic E-state index is 0.0866. The van der Waals surface area contributed by atoms with Gasteiger partial charge < -0.3 is 27.0 Å². The summed E-state index contributed by atoms with van der Waals surface area (Å²) in [7, 11) is 0. The third-order valence-corrected chi connectivity index (χ3v) is 5.75. The molecular weight excluding hydrogens is 460 g/mol. The molecule has 0 bridgehead atoms. The maximum atomic E-state index is 12.3. The SMILES string of the molecule is NC[C@H](NC(=O)c1ccc(C#Cc2ccc(NC(=O)CNCC3CCCNC3)cc2)cc1)C(=O)NO. The number of rotatable bonds is 9. The molecule has 1 fully saturated rings. The quantitative estimate of drug-likeness (QED) is 0.149. The fourth-order valence-corrected chi connectivity index (χ4v) is 3.73. The van der Waals surface area contributed by atoms with E-state index in [0.717, 1.165) is 25.2 Å². The van der Waals surface area contributed by atoms with Gasteiger partial charge in [0.2, 0.25) is 5.91 Å². The molecule has 1 aliphatic rings. The van der Waals surface area contributed by atoms with Crippen LogP contribution in [0.2, 0.25) is 0 Å². The summed E-state index contributed by atoms with van der Waals surface area (Å²) in [5.41, 5.74) is 9.42. The molecule has 36 heavy (non-hydrogen) atoms. The molecule has 0 radical (unpaired) electrons. The van der Waals surface area contributed by atoms with Crippen LogP contribution in [0.5, 0.6) is 0 Å². The fraction of sp³-hybridized carbons (Fsp3) is 0.346. The molecule has 1 heterocycles. The smallest absolute Gasteiger partial charge is 0.267 e. The Hall–Kier alpha value is -3.75. The lowest BCUT2D eigenvalue weighted by atomic mass is 10.00. The van der Waals surface area contributed by atoms with E-state index in [9.17, 15) is 14.4 Å². The average Bonchev–Trinajstić information content (AvgIpc) is 2.91. The van der Waals surface area contributed by atoms with Gasteiger partial charge in [-0.05, 0) is 86.9 Å². The number of amides is 3. The second-order valence-electron chi connectivity index (χ2n) is 8.53. The Labute approximate surface area is 210 Å². The van der Waals surface area contributed by atoms with Gasteiger partial charge in [-0.25, -0.2) is 5.48 Å². The van der Waals surface area contributed by atoms with Crippen LogP contribution in [0, 0.1) is 17.8 Å². The molecule has 190 valence electrons. The second kappa shape index (κ2) is 14.0. The van der Waals surface area contributed by atoms with E-state index < -0.39 is 17.9 Å². The highest BCUT2D eigenvalue weighted by atomic mass is 16.5. The molecule has 1 unspecified atom stereocenters. The number of hydrogen-bond donors (Lipinski definition) is 7. The highest BCUT2D eigenvalue weighted by Gasteiger charge is 2.19. The van der Waals surface area contributed by atoms with Crippen molar-refractivity contribution < 1.29 is 19.6 Å². The van der Waals surface area contributed by atoms with E-state index >= 15 is 0 Å². The minimum Gasteiger partial charge on any atom is -0.339 e. The van der Waals surface area contributed by atoms with Crippen LogP contribution in [0.3, 0.4) is 0 Å². The lowest BCUT2D eigenvalue weighted by Gasteiger charge is -2.22. The molecule has 0 spiro atoms. The lowest BCUT2D eigenvalue weighted by Crippen LogP contribution is -2.50. The van der Waals surface area contributed by atoms with Crippen LogP contribution in [0.25, 0.3) is 0 Å². The van der Waals surface area contributed by atoms with E-state index in [1.54, 1.807) is 36.4 Å². The molecule has 10 nitrogen and oxygen atoms in total. The molecule has 2 aromatic rings. The summed E-state index contributed by atoms with van der Waals surface area (Å²) in [4.78, 5) is 35.9. The zero-order chi connectivity index (χ0) is 25.8. The maximum Gasteiger partial charge on any atom is 0.267 e. The Kier molecular flexibility index (Phi) is 10.4. The summed E-state index contributed by atoms with van der Waals surface area (Å²) in [6.07, 6.45) is 2.36. The van der Waals surface area contributed by atoms with Crippen LogP contribution in [0.15, 0.2) is 48.5 Å². The third kappa shape index (κ3) is 8.48. The molecule has 0 aromatic heterocycles. The van der Waals surface area contributed by atoms with Crippen LogP contribution < -0.4 is 32.5 Å². The summed E-state index contributed by atoms with van der Waals surface area (Å²) in [5.74, 6) is 5.27. The first kappa shape index (κ1) is 26.8. The molecule has 3 amide bonds. The summed E-state index contributed by atoms with van der Waals surface area (Å²) in [6.45, 7) is 3.02. The summed E-state index contributed by atoms with van der Waals surface area (Å²) >= 11 is 0. The van der Waals surface area contributed by atoms with Gasteiger partial charge in [0.05, 0.1) is 6.54 Å². The van der Waals surface area contributed by atoms with Crippen molar-refractivity contribution in [3.05, 3.63) is 65.2 Å². The van der Waals surface area contributed by atoms with E-state index in [1.807, 2.05) is 12.1 Å². The highest BCUT2D eigenvalue weighted by molar-refractivity contribution is 5.97. The van der Waals surface area contributed by atoms with Crippen molar-refractivity contribution in [1.29, 1.82) is 0 Å². The van der Waals surface area contributed by atoms with E-state index in [-0.39, 0.29) is 19.0 Å². The van der Waals surface area contributed by atoms with Crippen LogP contribution in [0.4, 0.5) is 5.69 Å². The molecule has 2 aromatic carbocycles. The highest BCUT2D eigenvalue weighted by Crippen LogP contribution is 2.10. The van der Waals surface area contributed by atoms with E-state index in [2.05, 4.69) is 33.1 Å². The number of carbonyl (C=O) groups excluding carboxylic acids is 3. The Bertz CT molecular complexity index is 1090. The number of nitrogens with two attached hydrogens (primary N) is 1. The largest absolute Gasteiger partial charge is 0.339 e. The standard InChI is InChI=1S/C26H32N6O4/c27-14-23(26(35)32-36)31-25(34)21-9-5-18(6-10-21)3-4-19-7-11-22(12-8-19)30-24(33)17-29-16-20-2-1-13-28-15-20/h5-12,20,23,28-29,36H,1-2,13-17,27H2,(H,30,33)(H,31,34)(H,32,35)/t20?,23-/m0/s1. The summed E-state index contributed by atoms with van der Waals surface area (Å²) < 4.78 is 0. The lowest BCUT2D eigenvalue weighted by molar-refractivity contribution is -0.130. The first-order valence-corrected chi connectivity index (χ1v) is 11.9. The zero-order valence-corrected chi connectivity index (χ0v) is 20.0. The molecule has 2 atom stereocenters. The summed E-state index contributed by atoms with van der Waals surface area (Å²) in [6, 6.07) is 12.8. The van der Waals surface area contributed by atoms with Crippen LogP contribution in [-0.2, 0) is 9.59 Å². The molecule has 0 saturated carbocycles. The third-order valence-electron chi connectivity index (χ3n) is 5.75. The first-order chi connectivity index (χ1) is 17.5. The van der Waals surface area contributed by atoms with Gasteiger partial charge in [0.1, 0.15) is 6.04 Å². The Morgan fingerprint density at radius 1 is 1.06 bits per heavy atom. The molecular formula is C26H32N6O4. The summed E-state index contributed by atoms with van der Waals surface area (Å²) in [5, 5.41) is 20.6. The molecule has 0 aliphatic carbocycles. The van der Waals surface area contributed by atoms with Gasteiger partial charge in [-0.3, -0.25) is 19.6 Å². The Balaban J connectivity index is 1.47. The number of piperidine rings is 1. The van der Waals surface area contributed by atoms with Crippen LogP contribution >= 0.6 is 0 Å². The molecule has 1 saturated heterocycles. The topological polar surface area (TPSA) is 158 Å². The molecule has 3 rings (SSSR count). The maximum absolute atomic E-state index is 12.3. The Morgan fingerprint density at radius 3 is 2.31 bits per heavy atom. The number of nitrogens with one attached hydrogen (secondary N) is 5. The molecule has 8 N–H and O–H groups in total. The van der Waals surface area contributed by atoms with Gasteiger partial charge in [0.25, 0.3) is 11.8 Å². The Morgan fingerprint density at radius 2 is 1.72 bits per heavy atom. The van der Waals surface area contributed by atoms with E-state index in [4.69, 9.17) is 10.9 Å². The van der Waals surface area contributed by atoms with Gasteiger partial charge in [-0.2, -0.15) is 0 Å². The molecule has 10 heteroatoms. The number of anilines is 1. The van der Waals surface area contributed by atoms with Crippen molar-refractivity contribution >= 4 is 23.4 Å². The van der Waals surface area contributed by atoms with Crippen molar-refractivity contribution in [1.82, 2.24) is 21.4 Å². The monoisotopic (exact) mass is 492 g/mol. The van der Waals surface area contributed by atoms with Crippen molar-refractivity contribution in [3.8, 4) is 11.8 Å². The van der Waals surface area contributed by atoms with Crippen LogP contribution in [0.1, 0.15) is 34.3 Å². The first-order valence-electron chi connectivity index (χ1n) is 11.9. The van der Waals surface area contributed by atoms with Gasteiger partial charge >= 0.3 is 0 Å². The number of hydroxylamine groups is 1. The fourth-order valence-electron chi connectivity index (χ4n) is 3.73. The van der Waals surface area contributed by atoms with Crippen molar-refractivity contribution in [3.63, 3.8) is 0 Å². The predicted octanol–water partition coefficient (Wildman–Crippen LogP) is 0.177. The zero-order valence-electron chi connectivity index (χ0n) is 20.0. The molecule has 1 aliphatic heterocycles. The normalized spacial score (nSPS) is 15.7. The minimum atomic E-state index is -1.04. The number of carbonyl (C=O) groups is 3. The van der Waals surface area contributed by atoms with Gasteiger partial charge in [-0.1, -0.05) is 11.8 Å². The van der Waals surface area contributed by atoms with Gasteiger partial charge in [0, 0.05) is 28.9 Å². The van der Waals surface area contributed by atoms with Crippen molar-refractivity contribution in [2.24, 2.45) is 11.7 Å². The second-order valence-corrected chi connectivity index (χ2v) is 8.53. The van der Waals surface area contributed by atoms with Gasteiger partial charge in [-0.15, -0.1) is 0 Å². The van der Waals surface area contributed by atoms with Crippen molar-refractivity contribution in [2.45, 2.75) is 18.9 Å². The van der Waals surface area contributed by atoms with E-state index in [0.29, 0.717) is 22.7 Å². The predicted molar refractivity (Wildman–Crippen MR) is 136 cm³/mol. The van der Waals surface area contributed by atoms with Gasteiger partial charge in [0.15, 0.2) is 0 Å². The average molecular weight is 493 g/mol. The van der Waals surface area contributed by atoms with E-state index in [1.165, 1.54) is 18.3 Å². The van der Waals surface area contributed by atoms with Crippen molar-refractivity contribution in [2.75, 3.05) is 38.0 Å².